The summed E-state index contributed by atoms with van der Waals surface area (Å²) in [4.78, 5) is 29.3. The molecule has 0 aliphatic heterocycles. The van der Waals surface area contributed by atoms with Crippen LogP contribution >= 0.6 is 11.3 Å². The zero-order valence-corrected chi connectivity index (χ0v) is 17.0. The summed E-state index contributed by atoms with van der Waals surface area (Å²) >= 11 is 1.33. The number of carbonyl (C=O) groups is 1. The van der Waals surface area contributed by atoms with Gasteiger partial charge >= 0.3 is 5.97 Å². The third kappa shape index (κ3) is 2.91. The number of hydrogen-bond donors (Lipinski definition) is 1. The number of carboxylic acids is 1. The fourth-order valence-electron chi connectivity index (χ4n) is 3.60. The lowest BCUT2D eigenvalue weighted by Crippen LogP contribution is -2.22. The van der Waals surface area contributed by atoms with Crippen LogP contribution in [0.5, 0.6) is 0 Å². The van der Waals surface area contributed by atoms with E-state index in [2.05, 4.69) is 11.1 Å². The third-order valence-corrected chi connectivity index (χ3v) is 5.96. The van der Waals surface area contributed by atoms with Crippen molar-refractivity contribution >= 4 is 39.4 Å². The van der Waals surface area contributed by atoms with E-state index < -0.39 is 5.97 Å². The predicted molar refractivity (Wildman–Crippen MR) is 116 cm³/mol. The third-order valence-electron chi connectivity index (χ3n) is 5.00. The average Bonchev–Trinajstić information content (AvgIpc) is 3.39. The molecule has 0 bridgehead atoms. The number of benzene rings is 2. The van der Waals surface area contributed by atoms with Gasteiger partial charge in [-0.25, -0.2) is 14.2 Å². The van der Waals surface area contributed by atoms with Crippen LogP contribution in [0.25, 0.3) is 33.4 Å². The first-order chi connectivity index (χ1) is 14.4. The van der Waals surface area contributed by atoms with E-state index in [-0.39, 0.29) is 11.1 Å². The topological polar surface area (TPSA) is 84.8 Å². The van der Waals surface area contributed by atoms with Crippen LogP contribution in [0.15, 0.2) is 57.7 Å². The Kier molecular flexibility index (Phi) is 4.08. The molecule has 6 nitrogen and oxygen atoms in total. The minimum Gasteiger partial charge on any atom is -0.478 e. The standard InChI is InChI=1S/C23H16N2O4S/c1-12-9-13(2)20-17(10-12)25-21(26)19(30-23(25)24-20)11-16-7-8-18(29-16)14-3-5-15(6-4-14)22(27)28/h3-11H,1-2H3,(H,27,28)/b19-11-. The Balaban J connectivity index is 1.58. The van der Waals surface area contributed by atoms with Gasteiger partial charge in [-0.15, -0.1) is 0 Å². The summed E-state index contributed by atoms with van der Waals surface area (Å²) < 4.78 is 8.06. The van der Waals surface area contributed by atoms with Gasteiger partial charge in [-0.1, -0.05) is 29.5 Å². The number of furan rings is 1. The van der Waals surface area contributed by atoms with Crippen LogP contribution in [0.2, 0.25) is 0 Å². The Bertz CT molecular complexity index is 1560. The van der Waals surface area contributed by atoms with Gasteiger partial charge in [0.15, 0.2) is 4.96 Å². The van der Waals surface area contributed by atoms with E-state index >= 15 is 0 Å². The highest BCUT2D eigenvalue weighted by Gasteiger charge is 2.14. The summed E-state index contributed by atoms with van der Waals surface area (Å²) in [5, 5.41) is 9.02. The quantitative estimate of drug-likeness (QED) is 0.480. The number of thiazole rings is 1. The lowest BCUT2D eigenvalue weighted by Gasteiger charge is -1.98. The van der Waals surface area contributed by atoms with Crippen molar-refractivity contribution < 1.29 is 14.3 Å². The highest BCUT2D eigenvalue weighted by atomic mass is 32.1. The molecule has 0 saturated heterocycles. The van der Waals surface area contributed by atoms with Crippen LogP contribution in [-0.4, -0.2) is 20.5 Å². The molecule has 1 N–H and O–H groups in total. The number of hydrogen-bond acceptors (Lipinski definition) is 5. The number of imidazole rings is 1. The summed E-state index contributed by atoms with van der Waals surface area (Å²) in [6, 6.07) is 14.1. The minimum atomic E-state index is -0.974. The molecule has 0 amide bonds. The molecule has 3 heterocycles. The Hall–Kier alpha value is -3.71. The van der Waals surface area contributed by atoms with Crippen molar-refractivity contribution in [2.75, 3.05) is 0 Å². The Morgan fingerprint density at radius 3 is 2.63 bits per heavy atom. The fourth-order valence-corrected chi connectivity index (χ4v) is 4.56. The van der Waals surface area contributed by atoms with E-state index in [1.165, 1.54) is 23.5 Å². The predicted octanol–water partition coefficient (Wildman–Crippen LogP) is 4.03. The molecule has 5 aromatic rings. The van der Waals surface area contributed by atoms with E-state index in [4.69, 9.17) is 9.52 Å². The van der Waals surface area contributed by atoms with Crippen molar-refractivity contribution in [1.82, 2.24) is 9.38 Å². The molecule has 148 valence electrons. The van der Waals surface area contributed by atoms with Crippen molar-refractivity contribution in [3.05, 3.63) is 85.9 Å². The molecule has 0 spiro atoms. The van der Waals surface area contributed by atoms with E-state index in [1.807, 2.05) is 19.9 Å². The zero-order valence-electron chi connectivity index (χ0n) is 16.2. The van der Waals surface area contributed by atoms with Crippen LogP contribution in [0.3, 0.4) is 0 Å². The summed E-state index contributed by atoms with van der Waals surface area (Å²) in [7, 11) is 0. The molecule has 0 aliphatic rings. The highest BCUT2D eigenvalue weighted by molar-refractivity contribution is 7.15. The molecular weight excluding hydrogens is 400 g/mol. The van der Waals surface area contributed by atoms with Gasteiger partial charge < -0.3 is 9.52 Å². The van der Waals surface area contributed by atoms with Crippen LogP contribution in [0.4, 0.5) is 0 Å². The second-order valence-corrected chi connectivity index (χ2v) is 8.19. The monoisotopic (exact) mass is 416 g/mol. The molecule has 0 fully saturated rings. The second-order valence-electron chi connectivity index (χ2n) is 7.18. The summed E-state index contributed by atoms with van der Waals surface area (Å²) in [5.41, 5.74) is 4.67. The molecule has 0 radical (unpaired) electrons. The molecule has 2 aromatic carbocycles. The number of fused-ring (bicyclic) bond motifs is 3. The normalized spacial score (nSPS) is 12.3. The molecule has 7 heteroatoms. The summed E-state index contributed by atoms with van der Waals surface area (Å²) in [6.07, 6.45) is 1.71. The van der Waals surface area contributed by atoms with Gasteiger partial charge in [-0.2, -0.15) is 0 Å². The van der Waals surface area contributed by atoms with Crippen LogP contribution in [-0.2, 0) is 0 Å². The van der Waals surface area contributed by atoms with Gasteiger partial charge in [-0.05, 0) is 55.3 Å². The fraction of sp³-hybridized carbons (Fsp3) is 0.0870. The first-order valence-electron chi connectivity index (χ1n) is 9.28. The summed E-state index contributed by atoms with van der Waals surface area (Å²) in [6.45, 7) is 4.00. The molecule has 0 unspecified atom stereocenters. The zero-order chi connectivity index (χ0) is 21.0. The molecular formula is C23H16N2O4S. The number of rotatable bonds is 3. The van der Waals surface area contributed by atoms with Crippen molar-refractivity contribution in [3.63, 3.8) is 0 Å². The highest BCUT2D eigenvalue weighted by Crippen LogP contribution is 2.24. The Morgan fingerprint density at radius 1 is 1.13 bits per heavy atom. The van der Waals surface area contributed by atoms with E-state index in [1.54, 1.807) is 34.7 Å². The lowest BCUT2D eigenvalue weighted by atomic mass is 10.1. The molecule has 0 saturated carbocycles. The molecule has 3 aromatic heterocycles. The van der Waals surface area contributed by atoms with E-state index in [0.717, 1.165) is 27.7 Å². The molecule has 0 atom stereocenters. The number of aromatic nitrogens is 2. The maximum Gasteiger partial charge on any atom is 0.335 e. The van der Waals surface area contributed by atoms with Gasteiger partial charge in [0.05, 0.1) is 16.6 Å². The van der Waals surface area contributed by atoms with E-state index in [9.17, 15) is 9.59 Å². The maximum absolute atomic E-state index is 13.0. The second kappa shape index (κ2) is 6.67. The smallest absolute Gasteiger partial charge is 0.335 e. The van der Waals surface area contributed by atoms with Crippen LogP contribution in [0, 0.1) is 13.8 Å². The Morgan fingerprint density at radius 2 is 1.90 bits per heavy atom. The van der Waals surface area contributed by atoms with Crippen LogP contribution < -0.4 is 10.1 Å². The number of carboxylic acid groups (broad SMARTS) is 1. The van der Waals surface area contributed by atoms with Gasteiger partial charge in [-0.3, -0.25) is 4.79 Å². The SMILES string of the molecule is Cc1cc(C)c2nc3s/c(=C\c4ccc(-c5ccc(C(=O)O)cc5)o4)c(=O)n3c2c1. The molecule has 0 aliphatic carbocycles. The van der Waals surface area contributed by atoms with Crippen molar-refractivity contribution in [2.24, 2.45) is 0 Å². The number of aromatic carboxylic acids is 1. The lowest BCUT2D eigenvalue weighted by molar-refractivity contribution is 0.0697. The first-order valence-corrected chi connectivity index (χ1v) is 10.1. The first kappa shape index (κ1) is 18.3. The van der Waals surface area contributed by atoms with Crippen molar-refractivity contribution in [2.45, 2.75) is 13.8 Å². The van der Waals surface area contributed by atoms with Gasteiger partial charge in [0.25, 0.3) is 5.56 Å². The average molecular weight is 416 g/mol. The van der Waals surface area contributed by atoms with Crippen molar-refractivity contribution in [1.29, 1.82) is 0 Å². The molecule has 30 heavy (non-hydrogen) atoms. The largest absolute Gasteiger partial charge is 0.478 e. The molecule has 5 rings (SSSR count). The van der Waals surface area contributed by atoms with Gasteiger partial charge in [0.2, 0.25) is 0 Å². The van der Waals surface area contributed by atoms with Gasteiger partial charge in [0.1, 0.15) is 16.1 Å². The number of aryl methyl sites for hydroxylation is 2. The number of nitrogens with zero attached hydrogens (tertiary/aromatic N) is 2. The Labute approximate surface area is 174 Å². The van der Waals surface area contributed by atoms with Gasteiger partial charge in [0, 0.05) is 11.6 Å². The minimum absolute atomic E-state index is 0.119. The maximum atomic E-state index is 13.0. The summed E-state index contributed by atoms with van der Waals surface area (Å²) in [5.74, 6) is 0.174. The van der Waals surface area contributed by atoms with Crippen molar-refractivity contribution in [3.8, 4) is 11.3 Å². The van der Waals surface area contributed by atoms with Crippen LogP contribution in [0.1, 0.15) is 27.2 Å². The van der Waals surface area contributed by atoms with E-state index in [0.29, 0.717) is 21.0 Å².